The second kappa shape index (κ2) is 5.81. The Morgan fingerprint density at radius 2 is 1.08 bits per heavy atom. The monoisotopic (exact) mass is 380 g/mol. The summed E-state index contributed by atoms with van der Waals surface area (Å²) in [5.41, 5.74) is 1.68. The first-order chi connectivity index (χ1) is 12.2. The fourth-order valence-electron chi connectivity index (χ4n) is 3.46. The van der Waals surface area contributed by atoms with E-state index >= 15 is 0 Å². The smallest absolute Gasteiger partial charge is 0.242 e. The molecule has 0 spiro atoms. The van der Waals surface area contributed by atoms with Gasteiger partial charge in [0.1, 0.15) is 0 Å². The summed E-state index contributed by atoms with van der Waals surface area (Å²) >= 11 is 1.02. The first-order valence-electron chi connectivity index (χ1n) is 7.88. The van der Waals surface area contributed by atoms with Gasteiger partial charge in [-0.05, 0) is 33.7 Å². The van der Waals surface area contributed by atoms with Gasteiger partial charge in [-0.1, -0.05) is 48.5 Å². The van der Waals surface area contributed by atoms with Crippen molar-refractivity contribution in [3.63, 3.8) is 0 Å². The van der Waals surface area contributed by atoms with Gasteiger partial charge in [0.15, 0.2) is 11.2 Å². The molecule has 5 heteroatoms. The first kappa shape index (κ1) is 15.3. The van der Waals surface area contributed by atoms with Crippen LogP contribution < -0.4 is 10.6 Å². The van der Waals surface area contributed by atoms with Crippen LogP contribution in [0.1, 0.15) is 0 Å². The van der Waals surface area contributed by atoms with E-state index in [1.165, 1.54) is 10.8 Å². The molecule has 1 heterocycles. The quantitative estimate of drug-likeness (QED) is 0.324. The van der Waals surface area contributed by atoms with Crippen LogP contribution in [0.5, 0.6) is 0 Å². The average Bonchev–Trinajstić information content (AvgIpc) is 2.83. The summed E-state index contributed by atoms with van der Waals surface area (Å²) in [5.74, 6) is 0. The lowest BCUT2D eigenvalue weighted by Crippen LogP contribution is -1.96. The van der Waals surface area contributed by atoms with Crippen LogP contribution in [0.15, 0.2) is 68.4 Å². The zero-order valence-corrected chi connectivity index (χ0v) is 16.3. The van der Waals surface area contributed by atoms with E-state index in [2.05, 4.69) is 79.1 Å². The van der Waals surface area contributed by atoms with Crippen LogP contribution in [-0.2, 0) is 0 Å². The Morgan fingerprint density at radius 1 is 0.640 bits per heavy atom. The summed E-state index contributed by atoms with van der Waals surface area (Å²) in [6, 6.07) is 21.1. The molecule has 0 aliphatic heterocycles. The van der Waals surface area contributed by atoms with Gasteiger partial charge in [0.25, 0.3) is 0 Å². The van der Waals surface area contributed by atoms with E-state index in [0.717, 1.165) is 55.3 Å². The maximum Gasteiger partial charge on any atom is 0.242 e. The van der Waals surface area contributed by atoms with Crippen molar-refractivity contribution < 1.29 is 7.70 Å². The normalized spacial score (nSPS) is 11.6. The minimum atomic E-state index is 0.841. The van der Waals surface area contributed by atoms with Crippen molar-refractivity contribution in [2.24, 2.45) is 0 Å². The highest BCUT2D eigenvalue weighted by Crippen LogP contribution is 2.36. The maximum absolute atomic E-state index is 5.94. The summed E-state index contributed by atoms with van der Waals surface area (Å²) in [4.78, 5) is 0. The molecule has 1 aromatic heterocycles. The van der Waals surface area contributed by atoms with Crippen LogP contribution in [0.2, 0.25) is 0 Å². The Balaban J connectivity index is 2.26. The minimum Gasteiger partial charge on any atom is -0.371 e. The van der Waals surface area contributed by atoms with Crippen LogP contribution >= 0.6 is 30.4 Å². The molecule has 0 saturated heterocycles. The van der Waals surface area contributed by atoms with E-state index in [9.17, 15) is 0 Å². The molecule has 5 rings (SSSR count). The molecule has 0 aliphatic rings. The Hall–Kier alpha value is -1.92. The van der Waals surface area contributed by atoms with Crippen molar-refractivity contribution >= 4 is 84.5 Å². The molecular weight excluding hydrogens is 366 g/mol. The molecular formula is C20H14O2P2S. The number of hydrogen-bond acceptors (Lipinski definition) is 3. The van der Waals surface area contributed by atoms with Crippen LogP contribution in [0.4, 0.5) is 0 Å². The Morgan fingerprint density at radius 3 is 1.56 bits per heavy atom. The van der Waals surface area contributed by atoms with Gasteiger partial charge < -0.3 is 7.70 Å². The number of fused-ring (bicyclic) bond motifs is 7. The summed E-state index contributed by atoms with van der Waals surface area (Å²) in [6.07, 6.45) is 0. The highest BCUT2D eigenvalue weighted by atomic mass is 32.1. The van der Waals surface area contributed by atoms with Crippen molar-refractivity contribution in [3.8, 4) is 0 Å². The summed E-state index contributed by atoms with van der Waals surface area (Å²) < 4.78 is 11.9. The second-order valence-corrected chi connectivity index (χ2v) is 7.73. The fraction of sp³-hybridized carbons (Fsp3) is 0. The van der Waals surface area contributed by atoms with Crippen molar-refractivity contribution in [2.45, 2.75) is 0 Å². The lowest BCUT2D eigenvalue weighted by molar-refractivity contribution is 0.658. The molecule has 122 valence electrons. The highest BCUT2D eigenvalue weighted by Gasteiger charge is 2.14. The molecule has 4 aromatic carbocycles. The molecule has 5 aromatic rings. The topological polar surface area (TPSA) is 26.3 Å². The third kappa shape index (κ3) is 2.31. The fourth-order valence-corrected chi connectivity index (χ4v) is 4.93. The highest BCUT2D eigenvalue weighted by molar-refractivity contribution is 7.28. The van der Waals surface area contributed by atoms with Crippen molar-refractivity contribution in [1.29, 1.82) is 0 Å². The van der Waals surface area contributed by atoms with Gasteiger partial charge in [0, 0.05) is 21.4 Å². The van der Waals surface area contributed by atoms with E-state index < -0.39 is 0 Å². The molecule has 0 saturated carbocycles. The summed E-state index contributed by atoms with van der Waals surface area (Å²) in [7, 11) is 5.58. The van der Waals surface area contributed by atoms with Gasteiger partial charge in [0.05, 0.1) is 0 Å². The molecule has 0 fully saturated rings. The predicted molar refractivity (Wildman–Crippen MR) is 115 cm³/mol. The van der Waals surface area contributed by atoms with E-state index in [1.807, 2.05) is 0 Å². The van der Waals surface area contributed by atoms with Crippen LogP contribution in [-0.4, -0.2) is 0 Å². The maximum atomic E-state index is 5.94. The lowest BCUT2D eigenvalue weighted by Gasteiger charge is -2.08. The Kier molecular flexibility index (Phi) is 3.57. The van der Waals surface area contributed by atoms with Gasteiger partial charge in [-0.25, -0.2) is 0 Å². The van der Waals surface area contributed by atoms with Crippen LogP contribution in [0.3, 0.4) is 0 Å². The van der Waals surface area contributed by atoms with Gasteiger partial charge in [-0.15, -0.1) is 18.5 Å². The Labute approximate surface area is 153 Å². The van der Waals surface area contributed by atoms with Gasteiger partial charge in [0.2, 0.25) is 11.9 Å². The standard InChI is InChI=1S/C20H14O2P2S/c23-15-9-11-5-1-3-7-13(11)17-18-14-8-4-2-6-12(14)10-16(24)20(18)22-25-21-19(15)17/h1-10H,23-24H2. The van der Waals surface area contributed by atoms with Crippen LogP contribution in [0, 0.1) is 0 Å². The van der Waals surface area contributed by atoms with Crippen LogP contribution in [0.25, 0.3) is 43.5 Å². The minimum absolute atomic E-state index is 0.841. The molecule has 2 atom stereocenters. The number of benzene rings is 4. The van der Waals surface area contributed by atoms with E-state index in [0.29, 0.717) is 0 Å². The van der Waals surface area contributed by atoms with Crippen molar-refractivity contribution in [2.75, 3.05) is 0 Å². The van der Waals surface area contributed by atoms with E-state index in [-0.39, 0.29) is 0 Å². The molecule has 2 unspecified atom stereocenters. The molecule has 0 N–H and O–H groups in total. The van der Waals surface area contributed by atoms with Gasteiger partial charge in [-0.2, -0.15) is 0 Å². The van der Waals surface area contributed by atoms with Gasteiger partial charge in [-0.3, -0.25) is 0 Å². The third-order valence-electron chi connectivity index (χ3n) is 4.55. The largest absolute Gasteiger partial charge is 0.371 e. The lowest BCUT2D eigenvalue weighted by atomic mass is 9.98. The first-order valence-corrected chi connectivity index (χ1v) is 9.70. The zero-order valence-electron chi connectivity index (χ0n) is 13.2. The summed E-state index contributed by atoms with van der Waals surface area (Å²) in [5, 5.41) is 8.92. The molecule has 0 amide bonds. The van der Waals surface area contributed by atoms with Gasteiger partial charge >= 0.3 is 0 Å². The van der Waals surface area contributed by atoms with Crippen molar-refractivity contribution in [3.05, 3.63) is 60.7 Å². The summed E-state index contributed by atoms with van der Waals surface area (Å²) in [6.45, 7) is 0. The van der Waals surface area contributed by atoms with E-state index in [1.54, 1.807) is 0 Å². The van der Waals surface area contributed by atoms with E-state index in [4.69, 9.17) is 7.70 Å². The zero-order chi connectivity index (χ0) is 17.0. The average molecular weight is 380 g/mol. The third-order valence-corrected chi connectivity index (χ3v) is 5.87. The molecule has 2 nitrogen and oxygen atoms in total. The SMILES string of the molecule is Pc1cc2ccccc2c2c1osoc1c(P)cc3ccccc3c12. The molecule has 25 heavy (non-hydrogen) atoms. The second-order valence-electron chi connectivity index (χ2n) is 6.02. The molecule has 0 aliphatic carbocycles. The predicted octanol–water partition coefficient (Wildman–Crippen LogP) is 5.67. The molecule has 0 radical (unpaired) electrons. The Bertz CT molecular complexity index is 1220. The number of rotatable bonds is 0. The molecule has 0 bridgehead atoms. The van der Waals surface area contributed by atoms with Crippen molar-refractivity contribution in [1.82, 2.24) is 0 Å². The number of hydrogen-bond donors (Lipinski definition) is 0.